The zero-order valence-corrected chi connectivity index (χ0v) is 25.1. The molecule has 0 bridgehead atoms. The zero-order chi connectivity index (χ0) is 29.7. The largest absolute Gasteiger partial charge is 0.481 e. The molecule has 0 amide bonds. The van der Waals surface area contributed by atoms with Crippen LogP contribution in [0.2, 0.25) is 0 Å². The van der Waals surface area contributed by atoms with Gasteiger partial charge in [-0.3, -0.25) is 4.79 Å². The van der Waals surface area contributed by atoms with Crippen molar-refractivity contribution in [2.24, 2.45) is 18.9 Å². The minimum absolute atomic E-state index is 0.169. The van der Waals surface area contributed by atoms with Crippen molar-refractivity contribution < 1.29 is 23.1 Å². The number of carboxylic acids is 1. The van der Waals surface area contributed by atoms with Crippen LogP contribution in [0.5, 0.6) is 0 Å². The average molecular weight is 638 g/mol. The summed E-state index contributed by atoms with van der Waals surface area (Å²) < 4.78 is 41.6. The minimum atomic E-state index is -4.44. The molecule has 0 spiro atoms. The lowest BCUT2D eigenvalue weighted by atomic mass is 9.80. The van der Waals surface area contributed by atoms with E-state index in [4.69, 9.17) is 5.11 Å². The van der Waals surface area contributed by atoms with Crippen LogP contribution in [0.3, 0.4) is 0 Å². The van der Waals surface area contributed by atoms with Crippen molar-refractivity contribution >= 4 is 33.5 Å². The van der Waals surface area contributed by atoms with Gasteiger partial charge in [-0.05, 0) is 98.0 Å². The molecule has 4 rings (SSSR count). The number of aliphatic carboxylic acids is 1. The summed E-state index contributed by atoms with van der Waals surface area (Å²) in [6.07, 6.45) is -0.384. The summed E-state index contributed by atoms with van der Waals surface area (Å²) >= 11 is 3.59. The summed E-state index contributed by atoms with van der Waals surface area (Å²) in [4.78, 5) is 16.6. The maximum atomic E-state index is 13.6. The van der Waals surface area contributed by atoms with Crippen molar-refractivity contribution in [3.63, 3.8) is 0 Å². The van der Waals surface area contributed by atoms with E-state index in [-0.39, 0.29) is 18.9 Å². The van der Waals surface area contributed by atoms with Crippen LogP contribution in [0, 0.1) is 18.8 Å². The van der Waals surface area contributed by atoms with E-state index in [1.54, 1.807) is 20.0 Å². The fourth-order valence-electron chi connectivity index (χ4n) is 5.71. The molecular formula is C29H36BrF3N6O2. The van der Waals surface area contributed by atoms with Crippen molar-refractivity contribution in [3.05, 3.63) is 63.1 Å². The van der Waals surface area contributed by atoms with Crippen LogP contribution in [-0.4, -0.2) is 44.4 Å². The van der Waals surface area contributed by atoms with Gasteiger partial charge in [-0.1, -0.05) is 32.7 Å². The molecule has 3 aromatic rings. The van der Waals surface area contributed by atoms with Crippen molar-refractivity contribution in [1.29, 1.82) is 0 Å². The number of aromatic nitrogens is 4. The molecule has 222 valence electrons. The highest BCUT2D eigenvalue weighted by molar-refractivity contribution is 9.10. The van der Waals surface area contributed by atoms with Crippen LogP contribution in [-0.2, 0) is 31.1 Å². The minimum Gasteiger partial charge on any atom is -0.481 e. The van der Waals surface area contributed by atoms with Crippen LogP contribution in [0.25, 0.3) is 0 Å². The third kappa shape index (κ3) is 8.43. The Balaban J connectivity index is 1.59. The summed E-state index contributed by atoms with van der Waals surface area (Å²) in [5.74, 6) is 0.302. The molecule has 1 aliphatic carbocycles. The number of benzene rings is 2. The Kier molecular flexibility index (Phi) is 9.93. The number of carboxylic acid groups (broad SMARTS) is 1. The van der Waals surface area contributed by atoms with Crippen molar-refractivity contribution in [2.45, 2.75) is 65.2 Å². The average Bonchev–Trinajstić information content (AvgIpc) is 3.33. The predicted molar refractivity (Wildman–Crippen MR) is 155 cm³/mol. The monoisotopic (exact) mass is 636 g/mol. The summed E-state index contributed by atoms with van der Waals surface area (Å²) in [5.41, 5.74) is 2.37. The molecule has 12 heteroatoms. The summed E-state index contributed by atoms with van der Waals surface area (Å²) in [7, 11) is 1.65. The van der Waals surface area contributed by atoms with Gasteiger partial charge in [-0.15, -0.1) is 5.10 Å². The second kappa shape index (κ2) is 13.2. The first-order valence-corrected chi connectivity index (χ1v) is 14.6. The third-order valence-electron chi connectivity index (χ3n) is 7.65. The Bertz CT molecular complexity index is 1340. The van der Waals surface area contributed by atoms with E-state index in [0.717, 1.165) is 60.6 Å². The second-order valence-corrected chi connectivity index (χ2v) is 11.9. The SMILES string of the molecule is CCN(CC1CCC(CC(=O)O)CC1)c1ccc(Br)cc1CN(Cc1cc(C)cc(C(F)(F)F)c1)c1nnn(C)n1. The van der Waals surface area contributed by atoms with E-state index in [1.807, 2.05) is 17.0 Å². The maximum absolute atomic E-state index is 13.6. The highest BCUT2D eigenvalue weighted by atomic mass is 79.9. The second-order valence-electron chi connectivity index (χ2n) is 10.9. The van der Waals surface area contributed by atoms with Gasteiger partial charge in [0.1, 0.15) is 0 Å². The lowest BCUT2D eigenvalue weighted by molar-refractivity contribution is -0.139. The predicted octanol–water partition coefficient (Wildman–Crippen LogP) is 6.61. The van der Waals surface area contributed by atoms with Gasteiger partial charge in [0.2, 0.25) is 0 Å². The lowest BCUT2D eigenvalue weighted by Crippen LogP contribution is -2.33. The van der Waals surface area contributed by atoms with Gasteiger partial charge in [0.25, 0.3) is 5.95 Å². The Morgan fingerprint density at radius 3 is 2.39 bits per heavy atom. The first-order valence-electron chi connectivity index (χ1n) is 13.8. The molecule has 1 aliphatic rings. The number of tetrazole rings is 1. The maximum Gasteiger partial charge on any atom is 0.416 e. The van der Waals surface area contributed by atoms with Crippen LogP contribution in [0.15, 0.2) is 40.9 Å². The van der Waals surface area contributed by atoms with Crippen molar-refractivity contribution in [2.75, 3.05) is 22.9 Å². The van der Waals surface area contributed by atoms with E-state index in [9.17, 15) is 18.0 Å². The fourth-order valence-corrected chi connectivity index (χ4v) is 6.11. The molecule has 1 N–H and O–H groups in total. The molecule has 1 heterocycles. The summed E-state index contributed by atoms with van der Waals surface area (Å²) in [5, 5.41) is 21.7. The number of alkyl halides is 3. The molecule has 0 atom stereocenters. The molecule has 1 aromatic heterocycles. The Hall–Kier alpha value is -3.15. The molecule has 8 nitrogen and oxygen atoms in total. The first kappa shape index (κ1) is 30.8. The Morgan fingerprint density at radius 2 is 1.78 bits per heavy atom. The van der Waals surface area contributed by atoms with Gasteiger partial charge in [0, 0.05) is 42.8 Å². The normalized spacial score (nSPS) is 17.4. The highest BCUT2D eigenvalue weighted by Crippen LogP contribution is 2.35. The first-order chi connectivity index (χ1) is 19.4. The molecule has 1 saturated carbocycles. The molecule has 0 aliphatic heterocycles. The zero-order valence-electron chi connectivity index (χ0n) is 23.5. The van der Waals surface area contributed by atoms with E-state index in [1.165, 1.54) is 10.9 Å². The smallest absolute Gasteiger partial charge is 0.416 e. The van der Waals surface area contributed by atoms with Gasteiger partial charge < -0.3 is 14.9 Å². The number of carbonyl (C=O) groups is 1. The van der Waals surface area contributed by atoms with Crippen LogP contribution in [0.4, 0.5) is 24.8 Å². The molecule has 0 radical (unpaired) electrons. The number of halogens is 4. The quantitative estimate of drug-likeness (QED) is 0.253. The summed E-state index contributed by atoms with van der Waals surface area (Å²) in [6, 6.07) is 10.2. The van der Waals surface area contributed by atoms with E-state index >= 15 is 0 Å². The number of hydrogen-bond donors (Lipinski definition) is 1. The molecule has 0 saturated heterocycles. The van der Waals surface area contributed by atoms with Gasteiger partial charge in [-0.2, -0.15) is 18.0 Å². The molecule has 41 heavy (non-hydrogen) atoms. The number of anilines is 2. The number of nitrogens with zero attached hydrogens (tertiary/aromatic N) is 6. The molecule has 2 aromatic carbocycles. The van der Waals surface area contributed by atoms with Crippen LogP contribution < -0.4 is 9.80 Å². The van der Waals surface area contributed by atoms with E-state index in [2.05, 4.69) is 49.2 Å². The van der Waals surface area contributed by atoms with Crippen LogP contribution >= 0.6 is 15.9 Å². The number of hydrogen-bond acceptors (Lipinski definition) is 6. The number of rotatable bonds is 11. The van der Waals surface area contributed by atoms with Crippen LogP contribution in [0.1, 0.15) is 61.3 Å². The van der Waals surface area contributed by atoms with E-state index < -0.39 is 17.7 Å². The van der Waals surface area contributed by atoms with Crippen molar-refractivity contribution in [1.82, 2.24) is 20.2 Å². The topological polar surface area (TPSA) is 87.4 Å². The van der Waals surface area contributed by atoms with Gasteiger partial charge in [-0.25, -0.2) is 0 Å². The van der Waals surface area contributed by atoms with E-state index in [0.29, 0.717) is 29.5 Å². The third-order valence-corrected chi connectivity index (χ3v) is 8.15. The van der Waals surface area contributed by atoms with Crippen molar-refractivity contribution in [3.8, 4) is 0 Å². The fraction of sp³-hybridized carbons (Fsp3) is 0.517. The standard InChI is InChI=1S/C29H36BrF3N6O2/c1-4-38(16-21-7-5-20(6-8-21)14-27(40)41)26-10-9-25(30)15-23(26)18-39(28-34-36-37(3)35-28)17-22-11-19(2)12-24(13-22)29(31,32)33/h9-13,15,20-21H,4-8,14,16-18H2,1-3H3,(H,40,41). The van der Waals surface area contributed by atoms with Gasteiger partial charge in [0.05, 0.1) is 12.6 Å². The van der Waals surface area contributed by atoms with Gasteiger partial charge >= 0.3 is 12.1 Å². The highest BCUT2D eigenvalue weighted by Gasteiger charge is 2.31. The molecule has 0 unspecified atom stereocenters. The lowest BCUT2D eigenvalue weighted by Gasteiger charge is -2.34. The molecular weight excluding hydrogens is 601 g/mol. The Labute approximate surface area is 246 Å². The number of aryl methyl sites for hydroxylation is 2. The Morgan fingerprint density at radius 1 is 1.07 bits per heavy atom. The van der Waals surface area contributed by atoms with Gasteiger partial charge in [0.15, 0.2) is 0 Å². The molecule has 1 fully saturated rings. The summed E-state index contributed by atoms with van der Waals surface area (Å²) in [6.45, 7) is 5.92.